The summed E-state index contributed by atoms with van der Waals surface area (Å²) in [4.78, 5) is 19.9. The summed E-state index contributed by atoms with van der Waals surface area (Å²) in [7, 11) is 0. The number of anilines is 1. The lowest BCUT2D eigenvalue weighted by Crippen LogP contribution is -2.34. The van der Waals surface area contributed by atoms with E-state index in [0.29, 0.717) is 6.61 Å². The molecule has 0 atom stereocenters. The number of rotatable bonds is 7. The quantitative estimate of drug-likeness (QED) is 0.453. The molecule has 1 aliphatic rings. The first-order valence-corrected chi connectivity index (χ1v) is 9.20. The van der Waals surface area contributed by atoms with Crippen LogP contribution in [-0.2, 0) is 10.3 Å². The second-order valence-electron chi connectivity index (χ2n) is 6.17. The maximum absolute atomic E-state index is 11.5. The Hall–Kier alpha value is -2.28. The first kappa shape index (κ1) is 17.5. The Morgan fingerprint density at radius 2 is 2.04 bits per heavy atom. The maximum Gasteiger partial charge on any atom is 0.412 e. The zero-order valence-electron chi connectivity index (χ0n) is 14.3. The minimum absolute atomic E-state index is 0.425. The minimum atomic E-state index is -0.663. The summed E-state index contributed by atoms with van der Waals surface area (Å²) in [5, 5.41) is 3.52. The topological polar surface area (TPSA) is 73.3 Å². The zero-order chi connectivity index (χ0) is 17.7. The third-order valence-corrected chi connectivity index (χ3v) is 4.77. The number of cyclic esters (lactones) is 1. The predicted octanol–water partition coefficient (Wildman–Crippen LogP) is 4.23. The number of fused-ring (bicyclic) bond motifs is 1. The molecule has 0 bridgehead atoms. The molecule has 2 heterocycles. The summed E-state index contributed by atoms with van der Waals surface area (Å²) in [5.74, 6) is 1.75. The largest absolute Gasteiger partial charge is 0.494 e. The highest BCUT2D eigenvalue weighted by Gasteiger charge is 2.33. The Kier molecular flexibility index (Phi) is 5.43. The number of hydrogen-bond donors (Lipinski definition) is 1. The van der Waals surface area contributed by atoms with Crippen LogP contribution in [0.15, 0.2) is 41.8 Å². The van der Waals surface area contributed by atoms with Crippen molar-refractivity contribution >= 4 is 23.5 Å². The molecule has 0 spiro atoms. The number of unbranched alkanes of at least 4 members (excludes halogenated alkanes) is 1. The summed E-state index contributed by atoms with van der Waals surface area (Å²) in [5.41, 5.74) is 1.03. The lowest BCUT2D eigenvalue weighted by Gasteiger charge is -2.32. The van der Waals surface area contributed by atoms with Crippen LogP contribution in [0.3, 0.4) is 0 Å². The van der Waals surface area contributed by atoms with E-state index in [9.17, 15) is 4.79 Å². The molecule has 1 aromatic heterocycles. The minimum Gasteiger partial charge on any atom is -0.494 e. The number of benzene rings is 1. The fourth-order valence-electron chi connectivity index (χ4n) is 2.56. The van der Waals surface area contributed by atoms with E-state index in [1.165, 1.54) is 0 Å². The molecule has 0 radical (unpaired) electrons. The number of hydrogen-bond acceptors (Lipinski definition) is 6. The van der Waals surface area contributed by atoms with Gasteiger partial charge in [-0.05, 0) is 51.0 Å². The molecular weight excluding hydrogens is 338 g/mol. The van der Waals surface area contributed by atoms with Crippen LogP contribution in [0.1, 0.15) is 32.3 Å². The number of amides is 1. The Bertz CT molecular complexity index is 738. The molecule has 0 saturated carbocycles. The lowest BCUT2D eigenvalue weighted by atomic mass is 9.94. The predicted molar refractivity (Wildman–Crippen MR) is 97.1 cm³/mol. The molecule has 2 aromatic rings. The van der Waals surface area contributed by atoms with Gasteiger partial charge in [-0.25, -0.2) is 14.8 Å². The van der Waals surface area contributed by atoms with Gasteiger partial charge in [0.1, 0.15) is 11.4 Å². The molecular formula is C18H21N3O3S. The van der Waals surface area contributed by atoms with E-state index in [4.69, 9.17) is 9.47 Å². The number of carbonyl (C=O) groups is 1. The van der Waals surface area contributed by atoms with E-state index in [0.717, 1.165) is 40.8 Å². The van der Waals surface area contributed by atoms with Gasteiger partial charge in [0.15, 0.2) is 5.16 Å². The van der Waals surface area contributed by atoms with Crippen molar-refractivity contribution in [3.63, 3.8) is 0 Å². The van der Waals surface area contributed by atoms with Crippen LogP contribution in [0.5, 0.6) is 5.75 Å². The van der Waals surface area contributed by atoms with Gasteiger partial charge in [0.05, 0.1) is 12.3 Å². The molecule has 1 aliphatic heterocycles. The van der Waals surface area contributed by atoms with Crippen molar-refractivity contribution < 1.29 is 14.3 Å². The number of nitrogens with one attached hydrogen (secondary N) is 1. The number of thioether (sulfide) groups is 1. The molecule has 7 heteroatoms. The summed E-state index contributed by atoms with van der Waals surface area (Å²) >= 11 is 1.65. The van der Waals surface area contributed by atoms with Gasteiger partial charge in [0.2, 0.25) is 0 Å². The first-order chi connectivity index (χ1) is 12.0. The third-order valence-electron chi connectivity index (χ3n) is 3.80. The lowest BCUT2D eigenvalue weighted by molar-refractivity contribution is 0.0418. The third kappa shape index (κ3) is 4.63. The van der Waals surface area contributed by atoms with Gasteiger partial charge in [-0.15, -0.1) is 0 Å². The highest BCUT2D eigenvalue weighted by molar-refractivity contribution is 7.99. The van der Waals surface area contributed by atoms with Crippen molar-refractivity contribution in [1.82, 2.24) is 9.97 Å². The molecule has 0 aliphatic carbocycles. The van der Waals surface area contributed by atoms with Crippen molar-refractivity contribution in [2.75, 3.05) is 17.7 Å². The van der Waals surface area contributed by atoms with Crippen LogP contribution in [-0.4, -0.2) is 28.4 Å². The van der Waals surface area contributed by atoms with Gasteiger partial charge in [-0.3, -0.25) is 5.32 Å². The molecule has 1 amide bonds. The van der Waals surface area contributed by atoms with Crippen molar-refractivity contribution in [2.24, 2.45) is 0 Å². The van der Waals surface area contributed by atoms with Crippen LogP contribution < -0.4 is 10.1 Å². The standard InChI is InChI=1S/C18H21N3O3S/c1-18(2)14-12-13(6-7-15(14)21-17(22)24-18)23-10-3-4-11-25-16-19-8-5-9-20-16/h5-9,12H,3-4,10-11H2,1-2H3,(H,21,22). The van der Waals surface area contributed by atoms with E-state index in [1.807, 2.05) is 38.1 Å². The van der Waals surface area contributed by atoms with Crippen LogP contribution in [0, 0.1) is 0 Å². The molecule has 0 saturated heterocycles. The van der Waals surface area contributed by atoms with Crippen LogP contribution in [0.2, 0.25) is 0 Å². The average Bonchev–Trinajstić information content (AvgIpc) is 2.58. The molecule has 1 aromatic carbocycles. The fourth-order valence-corrected chi connectivity index (χ4v) is 3.36. The zero-order valence-corrected chi connectivity index (χ0v) is 15.1. The molecule has 6 nitrogen and oxygen atoms in total. The van der Waals surface area contributed by atoms with Crippen molar-refractivity contribution in [3.05, 3.63) is 42.2 Å². The van der Waals surface area contributed by atoms with E-state index < -0.39 is 11.7 Å². The van der Waals surface area contributed by atoms with E-state index in [1.54, 1.807) is 24.2 Å². The molecule has 0 fully saturated rings. The van der Waals surface area contributed by atoms with E-state index in [-0.39, 0.29) is 0 Å². The SMILES string of the molecule is CC1(C)OC(=O)Nc2ccc(OCCCCSc3ncccn3)cc21. The number of ether oxygens (including phenoxy) is 2. The smallest absolute Gasteiger partial charge is 0.412 e. The van der Waals surface area contributed by atoms with Gasteiger partial charge < -0.3 is 9.47 Å². The van der Waals surface area contributed by atoms with Gasteiger partial charge in [-0.2, -0.15) is 0 Å². The second-order valence-corrected chi connectivity index (χ2v) is 7.23. The van der Waals surface area contributed by atoms with Gasteiger partial charge >= 0.3 is 6.09 Å². The summed E-state index contributed by atoms with van der Waals surface area (Å²) in [6.45, 7) is 4.39. The molecule has 1 N–H and O–H groups in total. The molecule has 3 rings (SSSR count). The average molecular weight is 359 g/mol. The Balaban J connectivity index is 1.45. The Labute approximate surface area is 151 Å². The summed E-state index contributed by atoms with van der Waals surface area (Å²) < 4.78 is 11.2. The van der Waals surface area contributed by atoms with Crippen molar-refractivity contribution in [2.45, 2.75) is 37.4 Å². The number of nitrogens with zero attached hydrogens (tertiary/aromatic N) is 2. The Morgan fingerprint density at radius 1 is 1.24 bits per heavy atom. The molecule has 132 valence electrons. The fraction of sp³-hybridized carbons (Fsp3) is 0.389. The number of aromatic nitrogens is 2. The highest BCUT2D eigenvalue weighted by atomic mass is 32.2. The summed E-state index contributed by atoms with van der Waals surface area (Å²) in [6, 6.07) is 7.47. The molecule has 25 heavy (non-hydrogen) atoms. The Morgan fingerprint density at radius 3 is 2.84 bits per heavy atom. The van der Waals surface area contributed by atoms with E-state index >= 15 is 0 Å². The molecule has 0 unspecified atom stereocenters. The normalized spacial score (nSPS) is 15.0. The van der Waals surface area contributed by atoms with Gasteiger partial charge in [0.25, 0.3) is 0 Å². The monoisotopic (exact) mass is 359 g/mol. The highest BCUT2D eigenvalue weighted by Crippen LogP contribution is 2.37. The van der Waals surface area contributed by atoms with Crippen molar-refractivity contribution in [3.8, 4) is 5.75 Å². The number of carbonyl (C=O) groups excluding carboxylic acids is 1. The van der Waals surface area contributed by atoms with Gasteiger partial charge in [-0.1, -0.05) is 11.8 Å². The van der Waals surface area contributed by atoms with Crippen LogP contribution in [0.4, 0.5) is 10.5 Å². The maximum atomic E-state index is 11.5. The first-order valence-electron chi connectivity index (χ1n) is 8.22. The van der Waals surface area contributed by atoms with Crippen LogP contribution in [0.25, 0.3) is 0 Å². The van der Waals surface area contributed by atoms with E-state index in [2.05, 4.69) is 15.3 Å². The van der Waals surface area contributed by atoms with Crippen LogP contribution >= 0.6 is 11.8 Å². The van der Waals surface area contributed by atoms with Crippen molar-refractivity contribution in [1.29, 1.82) is 0 Å². The van der Waals surface area contributed by atoms with Gasteiger partial charge in [0, 0.05) is 23.7 Å². The summed E-state index contributed by atoms with van der Waals surface area (Å²) in [6.07, 6.45) is 5.06. The second kappa shape index (κ2) is 7.74.